The van der Waals surface area contributed by atoms with Crippen molar-refractivity contribution in [2.75, 3.05) is 6.54 Å². The molecule has 0 saturated carbocycles. The number of rotatable bonds is 8. The molecule has 1 aromatic rings. The van der Waals surface area contributed by atoms with Crippen LogP contribution in [0.2, 0.25) is 0 Å². The molecule has 1 aromatic heterocycles. The summed E-state index contributed by atoms with van der Waals surface area (Å²) in [6.45, 7) is 4.44. The van der Waals surface area contributed by atoms with E-state index >= 15 is 0 Å². The lowest BCUT2D eigenvalue weighted by Gasteiger charge is -2.17. The first-order valence-corrected chi connectivity index (χ1v) is 7.70. The van der Waals surface area contributed by atoms with Crippen molar-refractivity contribution in [3.63, 3.8) is 0 Å². The Hall–Kier alpha value is -1.56. The molecule has 0 aliphatic rings. The average molecular weight is 298 g/mol. The van der Waals surface area contributed by atoms with Gasteiger partial charge in [-0.05, 0) is 30.2 Å². The third kappa shape index (κ3) is 6.06. The number of carboxylic acids is 1. The maximum absolute atomic E-state index is 11.8. The molecule has 0 saturated heterocycles. The van der Waals surface area contributed by atoms with Crippen molar-refractivity contribution in [2.45, 2.75) is 39.2 Å². The van der Waals surface area contributed by atoms with Gasteiger partial charge in [0.1, 0.15) is 0 Å². The second-order valence-corrected chi connectivity index (χ2v) is 5.85. The second kappa shape index (κ2) is 8.58. The molecule has 6 heteroatoms. The molecular formula is C14H22N2O3S. The van der Waals surface area contributed by atoms with Crippen molar-refractivity contribution < 1.29 is 14.7 Å². The standard InChI is InChI=1S/C14H22N2O3S/c1-3-11(12-5-4-8-20-12)16-14(19)15-9-10(2)6-7-13(17)18/h4-5,8,10-11H,3,6-7,9H2,1-2H3,(H,17,18)(H2,15,16,19). The third-order valence-electron chi connectivity index (χ3n) is 3.06. The van der Waals surface area contributed by atoms with Crippen LogP contribution in [0.5, 0.6) is 0 Å². The highest BCUT2D eigenvalue weighted by molar-refractivity contribution is 7.10. The van der Waals surface area contributed by atoms with Gasteiger partial charge in [-0.2, -0.15) is 0 Å². The molecule has 0 spiro atoms. The highest BCUT2D eigenvalue weighted by atomic mass is 32.1. The van der Waals surface area contributed by atoms with Crippen LogP contribution in [0.4, 0.5) is 4.79 Å². The Bertz CT molecular complexity index is 420. The highest BCUT2D eigenvalue weighted by Crippen LogP contribution is 2.21. The average Bonchev–Trinajstić information content (AvgIpc) is 2.94. The summed E-state index contributed by atoms with van der Waals surface area (Å²) in [5.41, 5.74) is 0. The molecule has 0 aliphatic heterocycles. The van der Waals surface area contributed by atoms with Gasteiger partial charge >= 0.3 is 12.0 Å². The van der Waals surface area contributed by atoms with Gasteiger partial charge in [-0.15, -0.1) is 11.3 Å². The molecule has 112 valence electrons. The lowest BCUT2D eigenvalue weighted by molar-refractivity contribution is -0.137. The van der Waals surface area contributed by atoms with E-state index in [1.54, 1.807) is 11.3 Å². The maximum Gasteiger partial charge on any atom is 0.315 e. The maximum atomic E-state index is 11.8. The van der Waals surface area contributed by atoms with E-state index < -0.39 is 5.97 Å². The van der Waals surface area contributed by atoms with Crippen LogP contribution in [0.1, 0.15) is 44.0 Å². The van der Waals surface area contributed by atoms with E-state index in [9.17, 15) is 9.59 Å². The van der Waals surface area contributed by atoms with Crippen LogP contribution in [0.25, 0.3) is 0 Å². The number of hydrogen-bond acceptors (Lipinski definition) is 3. The zero-order valence-electron chi connectivity index (χ0n) is 11.9. The van der Waals surface area contributed by atoms with Gasteiger partial charge in [0.2, 0.25) is 0 Å². The lowest BCUT2D eigenvalue weighted by atomic mass is 10.1. The first-order chi connectivity index (χ1) is 9.52. The van der Waals surface area contributed by atoms with Crippen LogP contribution in [0, 0.1) is 5.92 Å². The van der Waals surface area contributed by atoms with Gasteiger partial charge in [0.15, 0.2) is 0 Å². The van der Waals surface area contributed by atoms with Gasteiger partial charge in [-0.25, -0.2) is 4.79 Å². The van der Waals surface area contributed by atoms with Crippen molar-refractivity contribution in [2.24, 2.45) is 5.92 Å². The number of hydrogen-bond donors (Lipinski definition) is 3. The fraction of sp³-hybridized carbons (Fsp3) is 0.571. The summed E-state index contributed by atoms with van der Waals surface area (Å²) < 4.78 is 0. The summed E-state index contributed by atoms with van der Waals surface area (Å²) in [6.07, 6.45) is 1.54. The Morgan fingerprint density at radius 3 is 2.75 bits per heavy atom. The molecule has 0 radical (unpaired) electrons. The second-order valence-electron chi connectivity index (χ2n) is 4.87. The van der Waals surface area contributed by atoms with Crippen LogP contribution >= 0.6 is 11.3 Å². The molecule has 2 unspecified atom stereocenters. The number of thiophene rings is 1. The Labute approximate surface area is 123 Å². The summed E-state index contributed by atoms with van der Waals surface area (Å²) >= 11 is 1.63. The van der Waals surface area contributed by atoms with Crippen LogP contribution in [0.3, 0.4) is 0 Å². The Balaban J connectivity index is 2.30. The third-order valence-corrected chi connectivity index (χ3v) is 4.05. The molecule has 1 heterocycles. The first-order valence-electron chi connectivity index (χ1n) is 6.82. The molecule has 2 atom stereocenters. The van der Waals surface area contributed by atoms with E-state index in [4.69, 9.17) is 5.11 Å². The van der Waals surface area contributed by atoms with Gasteiger partial charge in [-0.3, -0.25) is 4.79 Å². The molecule has 2 amide bonds. The summed E-state index contributed by atoms with van der Waals surface area (Å²) in [5, 5.41) is 16.3. The fourth-order valence-corrected chi connectivity index (χ4v) is 2.67. The van der Waals surface area contributed by atoms with Crippen LogP contribution in [-0.2, 0) is 4.79 Å². The van der Waals surface area contributed by atoms with E-state index in [1.807, 2.05) is 31.4 Å². The summed E-state index contributed by atoms with van der Waals surface area (Å²) in [7, 11) is 0. The zero-order valence-corrected chi connectivity index (χ0v) is 12.7. The molecule has 3 N–H and O–H groups in total. The van der Waals surface area contributed by atoms with Gasteiger partial charge in [0.05, 0.1) is 6.04 Å². The molecule has 1 rings (SSSR count). The molecule has 20 heavy (non-hydrogen) atoms. The van der Waals surface area contributed by atoms with E-state index in [1.165, 1.54) is 0 Å². The molecule has 0 aliphatic carbocycles. The number of carbonyl (C=O) groups excluding carboxylic acids is 1. The van der Waals surface area contributed by atoms with Crippen LogP contribution in [0.15, 0.2) is 17.5 Å². The highest BCUT2D eigenvalue weighted by Gasteiger charge is 2.14. The van der Waals surface area contributed by atoms with Crippen LogP contribution < -0.4 is 10.6 Å². The fourth-order valence-electron chi connectivity index (χ4n) is 1.81. The molecule has 0 fully saturated rings. The van der Waals surface area contributed by atoms with E-state index in [0.29, 0.717) is 13.0 Å². The Kier molecular flexibility index (Phi) is 7.08. The minimum atomic E-state index is -0.801. The normalized spacial score (nSPS) is 13.5. The minimum Gasteiger partial charge on any atom is -0.481 e. The van der Waals surface area contributed by atoms with Crippen molar-refractivity contribution in [3.8, 4) is 0 Å². The van der Waals surface area contributed by atoms with Crippen molar-refractivity contribution in [1.29, 1.82) is 0 Å². The topological polar surface area (TPSA) is 78.4 Å². The van der Waals surface area contributed by atoms with Crippen molar-refractivity contribution in [1.82, 2.24) is 10.6 Å². The molecule has 0 aromatic carbocycles. The largest absolute Gasteiger partial charge is 0.481 e. The molecular weight excluding hydrogens is 276 g/mol. The summed E-state index contributed by atoms with van der Waals surface area (Å²) in [5.74, 6) is -0.649. The molecule has 5 nitrogen and oxygen atoms in total. The smallest absolute Gasteiger partial charge is 0.315 e. The number of amides is 2. The van der Waals surface area contributed by atoms with Gasteiger partial charge in [-0.1, -0.05) is 19.9 Å². The SMILES string of the molecule is CCC(NC(=O)NCC(C)CCC(=O)O)c1cccs1. The number of nitrogens with one attached hydrogen (secondary N) is 2. The number of carboxylic acid groups (broad SMARTS) is 1. The van der Waals surface area contributed by atoms with Crippen molar-refractivity contribution in [3.05, 3.63) is 22.4 Å². The van der Waals surface area contributed by atoms with Crippen LogP contribution in [-0.4, -0.2) is 23.7 Å². The molecule has 0 bridgehead atoms. The summed E-state index contributed by atoms with van der Waals surface area (Å²) in [6, 6.07) is 3.81. The summed E-state index contributed by atoms with van der Waals surface area (Å²) in [4.78, 5) is 23.4. The van der Waals surface area contributed by atoms with E-state index in [-0.39, 0.29) is 24.4 Å². The Morgan fingerprint density at radius 2 is 2.20 bits per heavy atom. The number of carbonyl (C=O) groups is 2. The van der Waals surface area contributed by atoms with Gasteiger partial charge in [0.25, 0.3) is 0 Å². The Morgan fingerprint density at radius 1 is 1.45 bits per heavy atom. The number of aliphatic carboxylic acids is 1. The van der Waals surface area contributed by atoms with E-state index in [2.05, 4.69) is 10.6 Å². The van der Waals surface area contributed by atoms with E-state index in [0.717, 1.165) is 11.3 Å². The van der Waals surface area contributed by atoms with Crippen molar-refractivity contribution >= 4 is 23.3 Å². The van der Waals surface area contributed by atoms with Gasteiger partial charge in [0, 0.05) is 17.8 Å². The minimum absolute atomic E-state index is 0.0318. The lowest BCUT2D eigenvalue weighted by Crippen LogP contribution is -2.39. The van der Waals surface area contributed by atoms with Gasteiger partial charge < -0.3 is 15.7 Å². The first kappa shape index (κ1) is 16.5. The zero-order chi connectivity index (χ0) is 15.0. The monoisotopic (exact) mass is 298 g/mol. The predicted molar refractivity (Wildman–Crippen MR) is 79.9 cm³/mol. The predicted octanol–water partition coefficient (Wildman–Crippen LogP) is 3.00. The number of urea groups is 1. The quantitative estimate of drug-likeness (QED) is 0.690.